The lowest BCUT2D eigenvalue weighted by Gasteiger charge is -2.23. The number of nitrogens with zero attached hydrogens (tertiary/aromatic N) is 2. The normalized spacial score (nSPS) is 13.4. The third kappa shape index (κ3) is 3.66. The molecule has 1 atom stereocenters. The zero-order chi connectivity index (χ0) is 14.5. The SMILES string of the molecule is CCNC(C)(C#N)COc1cccc([N+](=O)[O-])c1C. The molecule has 0 saturated carbocycles. The van der Waals surface area contributed by atoms with Crippen LogP contribution in [0.4, 0.5) is 5.69 Å². The quantitative estimate of drug-likeness (QED) is 0.627. The van der Waals surface area contributed by atoms with Crippen LogP contribution in [0.25, 0.3) is 0 Å². The summed E-state index contributed by atoms with van der Waals surface area (Å²) in [6.45, 7) is 6.02. The van der Waals surface area contributed by atoms with E-state index in [2.05, 4.69) is 11.4 Å². The van der Waals surface area contributed by atoms with Gasteiger partial charge < -0.3 is 4.74 Å². The number of nitro groups is 1. The Balaban J connectivity index is 2.87. The molecule has 0 heterocycles. The first-order valence-corrected chi connectivity index (χ1v) is 5.96. The number of ether oxygens (including phenoxy) is 1. The minimum atomic E-state index is -0.814. The van der Waals surface area contributed by atoms with Gasteiger partial charge in [-0.25, -0.2) is 0 Å². The summed E-state index contributed by atoms with van der Waals surface area (Å²) >= 11 is 0. The van der Waals surface area contributed by atoms with Crippen molar-refractivity contribution in [1.82, 2.24) is 5.32 Å². The number of hydrogen-bond donors (Lipinski definition) is 1. The topological polar surface area (TPSA) is 88.2 Å². The fourth-order valence-corrected chi connectivity index (χ4v) is 1.69. The first-order chi connectivity index (χ1) is 8.93. The third-order valence-corrected chi connectivity index (χ3v) is 2.78. The van der Waals surface area contributed by atoms with Gasteiger partial charge in [0.05, 0.1) is 16.6 Å². The maximum atomic E-state index is 10.8. The van der Waals surface area contributed by atoms with E-state index in [0.717, 1.165) is 0 Å². The second-order valence-electron chi connectivity index (χ2n) is 4.42. The van der Waals surface area contributed by atoms with Gasteiger partial charge in [-0.2, -0.15) is 5.26 Å². The van der Waals surface area contributed by atoms with E-state index in [-0.39, 0.29) is 12.3 Å². The Morgan fingerprint density at radius 1 is 1.58 bits per heavy atom. The molecule has 0 amide bonds. The molecule has 6 heteroatoms. The minimum Gasteiger partial charge on any atom is -0.490 e. The van der Waals surface area contributed by atoms with Crippen molar-refractivity contribution in [3.05, 3.63) is 33.9 Å². The van der Waals surface area contributed by atoms with Crippen LogP contribution in [0.5, 0.6) is 5.75 Å². The molecule has 0 aromatic heterocycles. The molecule has 1 rings (SSSR count). The van der Waals surface area contributed by atoms with Crippen molar-refractivity contribution in [3.8, 4) is 11.8 Å². The van der Waals surface area contributed by atoms with Crippen LogP contribution in [0.2, 0.25) is 0 Å². The van der Waals surface area contributed by atoms with Crippen molar-refractivity contribution in [2.75, 3.05) is 13.2 Å². The Kier molecular flexibility index (Phi) is 4.84. The largest absolute Gasteiger partial charge is 0.490 e. The molecule has 0 aliphatic heterocycles. The van der Waals surface area contributed by atoms with Crippen molar-refractivity contribution >= 4 is 5.69 Å². The lowest BCUT2D eigenvalue weighted by molar-refractivity contribution is -0.385. The van der Waals surface area contributed by atoms with E-state index in [1.807, 2.05) is 6.92 Å². The van der Waals surface area contributed by atoms with Gasteiger partial charge in [-0.3, -0.25) is 15.4 Å². The van der Waals surface area contributed by atoms with E-state index in [0.29, 0.717) is 17.9 Å². The summed E-state index contributed by atoms with van der Waals surface area (Å²) in [5.74, 6) is 0.425. The van der Waals surface area contributed by atoms with E-state index in [4.69, 9.17) is 10.00 Å². The Bertz CT molecular complexity index is 510. The van der Waals surface area contributed by atoms with Crippen molar-refractivity contribution in [2.45, 2.75) is 26.3 Å². The van der Waals surface area contributed by atoms with Crippen molar-refractivity contribution in [1.29, 1.82) is 5.26 Å². The highest BCUT2D eigenvalue weighted by Crippen LogP contribution is 2.27. The molecule has 1 aromatic carbocycles. The number of nitrogens with one attached hydrogen (secondary N) is 1. The number of nitriles is 1. The molecule has 0 aliphatic rings. The zero-order valence-electron chi connectivity index (χ0n) is 11.3. The van der Waals surface area contributed by atoms with Crippen LogP contribution in [0.3, 0.4) is 0 Å². The average Bonchev–Trinajstić information content (AvgIpc) is 2.37. The van der Waals surface area contributed by atoms with Gasteiger partial charge >= 0.3 is 0 Å². The molecule has 0 saturated heterocycles. The molecular formula is C13H17N3O3. The Labute approximate surface area is 112 Å². The van der Waals surface area contributed by atoms with Crippen molar-refractivity contribution in [3.63, 3.8) is 0 Å². The number of benzene rings is 1. The highest BCUT2D eigenvalue weighted by Gasteiger charge is 2.24. The predicted octanol–water partition coefficient (Wildman–Crippen LogP) is 2.17. The van der Waals surface area contributed by atoms with Crippen molar-refractivity contribution in [2.24, 2.45) is 0 Å². The molecule has 6 nitrogen and oxygen atoms in total. The number of nitro benzene ring substituents is 1. The third-order valence-electron chi connectivity index (χ3n) is 2.78. The first-order valence-electron chi connectivity index (χ1n) is 5.96. The molecule has 0 aliphatic carbocycles. The molecule has 102 valence electrons. The molecule has 0 spiro atoms. The van der Waals surface area contributed by atoms with Gasteiger partial charge in [-0.05, 0) is 26.5 Å². The molecule has 1 unspecified atom stereocenters. The number of rotatable bonds is 6. The fraction of sp³-hybridized carbons (Fsp3) is 0.462. The average molecular weight is 263 g/mol. The summed E-state index contributed by atoms with van der Waals surface area (Å²) < 4.78 is 5.55. The van der Waals surface area contributed by atoms with E-state index >= 15 is 0 Å². The van der Waals surface area contributed by atoms with Crippen molar-refractivity contribution < 1.29 is 9.66 Å². The molecule has 0 fully saturated rings. The minimum absolute atomic E-state index is 0.0135. The van der Waals surface area contributed by atoms with Crippen LogP contribution in [-0.4, -0.2) is 23.6 Å². The summed E-state index contributed by atoms with van der Waals surface area (Å²) in [6, 6.07) is 6.79. The Hall–Kier alpha value is -2.13. The Morgan fingerprint density at radius 2 is 2.26 bits per heavy atom. The molecule has 19 heavy (non-hydrogen) atoms. The number of likely N-dealkylation sites (N-methyl/N-ethyl adjacent to an activating group) is 1. The summed E-state index contributed by atoms with van der Waals surface area (Å²) in [5.41, 5.74) is -0.338. The summed E-state index contributed by atoms with van der Waals surface area (Å²) in [4.78, 5) is 10.4. The predicted molar refractivity (Wildman–Crippen MR) is 71.0 cm³/mol. The highest BCUT2D eigenvalue weighted by atomic mass is 16.6. The maximum Gasteiger partial charge on any atom is 0.276 e. The molecule has 1 aromatic rings. The van der Waals surface area contributed by atoms with E-state index in [9.17, 15) is 10.1 Å². The van der Waals surface area contributed by atoms with Gasteiger partial charge in [0.25, 0.3) is 5.69 Å². The van der Waals surface area contributed by atoms with E-state index in [1.54, 1.807) is 26.0 Å². The van der Waals surface area contributed by atoms with Gasteiger partial charge in [0, 0.05) is 6.07 Å². The van der Waals surface area contributed by atoms with Crippen LogP contribution in [0.15, 0.2) is 18.2 Å². The monoisotopic (exact) mass is 263 g/mol. The lowest BCUT2D eigenvalue weighted by Crippen LogP contribution is -2.46. The lowest BCUT2D eigenvalue weighted by atomic mass is 10.1. The Morgan fingerprint density at radius 3 is 2.79 bits per heavy atom. The molecule has 0 bridgehead atoms. The second-order valence-corrected chi connectivity index (χ2v) is 4.42. The standard InChI is InChI=1S/C13H17N3O3/c1-4-15-13(3,8-14)9-19-12-7-5-6-11(10(12)2)16(17)18/h5-7,15H,4,9H2,1-3H3. The number of hydrogen-bond acceptors (Lipinski definition) is 5. The van der Waals surface area contributed by atoms with Crippen LogP contribution >= 0.6 is 0 Å². The zero-order valence-corrected chi connectivity index (χ0v) is 11.3. The van der Waals surface area contributed by atoms with Gasteiger partial charge in [0.2, 0.25) is 0 Å². The summed E-state index contributed by atoms with van der Waals surface area (Å²) in [6.07, 6.45) is 0. The van der Waals surface area contributed by atoms with Gasteiger partial charge in [0.1, 0.15) is 17.9 Å². The fourth-order valence-electron chi connectivity index (χ4n) is 1.69. The summed E-state index contributed by atoms with van der Waals surface area (Å²) in [5, 5.41) is 22.9. The van der Waals surface area contributed by atoms with Gasteiger partial charge in [-0.15, -0.1) is 0 Å². The summed E-state index contributed by atoms with van der Waals surface area (Å²) in [7, 11) is 0. The van der Waals surface area contributed by atoms with E-state index < -0.39 is 10.5 Å². The van der Waals surface area contributed by atoms with E-state index in [1.165, 1.54) is 6.07 Å². The smallest absolute Gasteiger partial charge is 0.276 e. The van der Waals surface area contributed by atoms with Crippen LogP contribution in [0, 0.1) is 28.4 Å². The van der Waals surface area contributed by atoms with Crippen LogP contribution in [-0.2, 0) is 0 Å². The molecule has 0 radical (unpaired) electrons. The van der Waals surface area contributed by atoms with Crippen LogP contribution < -0.4 is 10.1 Å². The van der Waals surface area contributed by atoms with Crippen LogP contribution in [0.1, 0.15) is 19.4 Å². The first kappa shape index (κ1) is 14.9. The highest BCUT2D eigenvalue weighted by molar-refractivity contribution is 5.48. The van der Waals surface area contributed by atoms with Gasteiger partial charge in [0.15, 0.2) is 0 Å². The van der Waals surface area contributed by atoms with Gasteiger partial charge in [-0.1, -0.05) is 13.0 Å². The second kappa shape index (κ2) is 6.16. The maximum absolute atomic E-state index is 10.8. The molecular weight excluding hydrogens is 246 g/mol. The molecule has 1 N–H and O–H groups in total.